The van der Waals surface area contributed by atoms with Gasteiger partial charge in [0.25, 0.3) is 5.03 Å². The quantitative estimate of drug-likeness (QED) is 0.298. The lowest BCUT2D eigenvalue weighted by Crippen LogP contribution is -3.00. The number of hydrogen-bond acceptors (Lipinski definition) is 2. The summed E-state index contributed by atoms with van der Waals surface area (Å²) in [7, 11) is 2.09. The first-order chi connectivity index (χ1) is 10.7. The Balaban J connectivity index is 0.000000849. The van der Waals surface area contributed by atoms with Crippen molar-refractivity contribution in [2.75, 3.05) is 0 Å². The van der Waals surface area contributed by atoms with E-state index in [1.807, 2.05) is 18.2 Å². The number of aromatic nitrogens is 1. The van der Waals surface area contributed by atoms with Crippen LogP contribution in [0.4, 0.5) is 0 Å². The molecule has 0 N–H and O–H groups in total. The molecule has 0 atom stereocenters. The molecule has 0 amide bonds. The molecule has 1 nitrogen and oxygen atoms in total. The third-order valence-corrected chi connectivity index (χ3v) is 5.39. The first-order valence-corrected chi connectivity index (χ1v) is 14.6. The van der Waals surface area contributed by atoms with Gasteiger partial charge < -0.3 is 24.0 Å². The van der Waals surface area contributed by atoms with Crippen LogP contribution in [0.2, 0.25) is 5.02 Å². The van der Waals surface area contributed by atoms with Crippen LogP contribution >= 0.6 is 72.1 Å². The molecule has 3 aromatic rings. The normalized spacial score (nSPS) is 9.57. The Kier molecular flexibility index (Phi) is 11.0. The molecule has 0 radical (unpaired) electrons. The maximum absolute atomic E-state index is 5.94. The summed E-state index contributed by atoms with van der Waals surface area (Å²) < 4.78 is 2.20. The van der Waals surface area contributed by atoms with Crippen LogP contribution in [-0.2, 0) is 7.05 Å². The molecule has 0 saturated heterocycles. The summed E-state index contributed by atoms with van der Waals surface area (Å²) >= 11 is 13.7. The van der Waals surface area contributed by atoms with Crippen molar-refractivity contribution in [2.45, 2.75) is 9.92 Å². The molecule has 3 rings (SSSR count). The Morgan fingerprint density at radius 3 is 2.22 bits per heavy atom. The van der Waals surface area contributed by atoms with Crippen LogP contribution in [-0.4, -0.2) is 0 Å². The monoisotopic (exact) mass is 699 g/mol. The van der Waals surface area contributed by atoms with E-state index < -0.39 is 0 Å². The smallest absolute Gasteiger partial charge is 0.259 e. The average Bonchev–Trinajstić information content (AvgIpc) is 2.92. The largest absolute Gasteiger partial charge is 1.00 e. The van der Waals surface area contributed by atoms with Gasteiger partial charge in [0.05, 0.1) is 0 Å². The lowest BCUT2D eigenvalue weighted by molar-refractivity contribution is -0.640. The van der Waals surface area contributed by atoms with Gasteiger partial charge in [0, 0.05) is 53.2 Å². The highest BCUT2D eigenvalue weighted by atomic mass is 128. The van der Waals surface area contributed by atoms with Gasteiger partial charge in [-0.2, -0.15) is 0 Å². The fraction of sp³-hybridized carbons (Fsp3) is 0.0625. The Morgan fingerprint density at radius 1 is 1.00 bits per heavy atom. The minimum Gasteiger partial charge on any atom is -1.00 e. The minimum atomic E-state index is 0. The van der Waals surface area contributed by atoms with Gasteiger partial charge in [-0.05, 0) is 41.6 Å². The summed E-state index contributed by atoms with van der Waals surface area (Å²) in [5, 5.41) is 2.01. The molecular formula is C16H13ClI3NS2. The lowest BCUT2D eigenvalue weighted by Gasteiger charge is -1.94. The van der Waals surface area contributed by atoms with Crippen LogP contribution in [0, 0.1) is 0 Å². The Labute approximate surface area is 190 Å². The first kappa shape index (κ1) is 21.9. The zero-order valence-corrected chi connectivity index (χ0v) is 20.9. The highest BCUT2D eigenvalue weighted by molar-refractivity contribution is 15.0. The van der Waals surface area contributed by atoms with Gasteiger partial charge in [-0.25, -0.2) is 0 Å². The van der Waals surface area contributed by atoms with E-state index in [0.717, 1.165) is 5.02 Å². The van der Waals surface area contributed by atoms with Gasteiger partial charge in [0.2, 0.25) is 0 Å². The fourth-order valence-corrected chi connectivity index (χ4v) is 3.98. The van der Waals surface area contributed by atoms with Crippen molar-refractivity contribution < 1.29 is 27.9 Å². The van der Waals surface area contributed by atoms with Gasteiger partial charge in [-0.15, -0.1) is 3.96 Å². The Bertz CT molecular complexity index is 718. The molecule has 0 aliphatic heterocycles. The van der Waals surface area contributed by atoms with Crippen molar-refractivity contribution in [1.29, 1.82) is 0 Å². The van der Waals surface area contributed by atoms with Crippen molar-refractivity contribution in [1.82, 2.24) is 0 Å². The fourth-order valence-electron chi connectivity index (χ4n) is 1.88. The maximum Gasteiger partial charge on any atom is 0.259 e. The third-order valence-electron chi connectivity index (χ3n) is 2.89. The number of nitrogens with zero attached hydrogens (tertiary/aromatic N) is 1. The van der Waals surface area contributed by atoms with Crippen molar-refractivity contribution >= 4 is 72.1 Å². The summed E-state index contributed by atoms with van der Waals surface area (Å²) in [6, 6.07) is 20.6. The summed E-state index contributed by atoms with van der Waals surface area (Å²) in [5.41, 5.74) is 1.20. The van der Waals surface area contributed by atoms with E-state index in [1.165, 1.54) is 20.4 Å². The molecular weight excluding hydrogens is 686 g/mol. The molecule has 1 aromatic heterocycles. The van der Waals surface area contributed by atoms with Crippen LogP contribution in [0.1, 0.15) is 0 Å². The minimum absolute atomic E-state index is 0. The van der Waals surface area contributed by atoms with E-state index in [2.05, 4.69) is 90.7 Å². The van der Waals surface area contributed by atoms with Crippen molar-refractivity contribution in [2.24, 2.45) is 7.05 Å². The second-order valence-electron chi connectivity index (χ2n) is 4.36. The Hall–Kier alpha value is 0.900. The van der Waals surface area contributed by atoms with Gasteiger partial charge in [-0.1, -0.05) is 41.9 Å². The highest BCUT2D eigenvalue weighted by Crippen LogP contribution is 2.31. The molecule has 2 aromatic carbocycles. The standard InChI is InChI=1S/C16H13ClNS2.I2.HI/c1-18-16(19-14-5-3-2-4-6-14)11-15(20-18)12-7-9-13(17)10-8-12;1-2;/h2-11H,1H3;;1H/q+1;;/p-1. The van der Waals surface area contributed by atoms with Gasteiger partial charge in [-0.3, -0.25) is 0 Å². The molecule has 0 aliphatic rings. The summed E-state index contributed by atoms with van der Waals surface area (Å²) in [6.07, 6.45) is 0. The first-order valence-electron chi connectivity index (χ1n) is 6.36. The van der Waals surface area contributed by atoms with Crippen LogP contribution in [0.3, 0.4) is 0 Å². The SMILES string of the molecule is C[n+]1sc(-c2ccc(Cl)cc2)cc1Sc1ccccc1.II.[I-]. The van der Waals surface area contributed by atoms with Gasteiger partial charge in [0.15, 0.2) is 7.05 Å². The summed E-state index contributed by atoms with van der Waals surface area (Å²) in [6.45, 7) is 0. The predicted octanol–water partition coefficient (Wildman–Crippen LogP) is 3.82. The number of halogens is 4. The molecule has 1 heterocycles. The average molecular weight is 700 g/mol. The molecule has 0 unspecified atom stereocenters. The third kappa shape index (κ3) is 6.61. The number of hydrogen-bond donors (Lipinski definition) is 0. The molecule has 0 spiro atoms. The molecule has 122 valence electrons. The van der Waals surface area contributed by atoms with Gasteiger partial charge >= 0.3 is 0 Å². The second kappa shape index (κ2) is 11.5. The summed E-state index contributed by atoms with van der Waals surface area (Å²) in [5.74, 6) is 0. The molecule has 23 heavy (non-hydrogen) atoms. The molecule has 0 saturated carbocycles. The molecule has 0 aliphatic carbocycles. The van der Waals surface area contributed by atoms with Crippen LogP contribution in [0.5, 0.6) is 0 Å². The number of rotatable bonds is 3. The topological polar surface area (TPSA) is 3.88 Å². The van der Waals surface area contributed by atoms with Crippen LogP contribution in [0.25, 0.3) is 10.4 Å². The van der Waals surface area contributed by atoms with E-state index in [-0.39, 0.29) is 24.0 Å². The maximum atomic E-state index is 5.94. The summed E-state index contributed by atoms with van der Waals surface area (Å²) in [4.78, 5) is 2.51. The predicted molar refractivity (Wildman–Crippen MR) is 115 cm³/mol. The number of benzene rings is 2. The van der Waals surface area contributed by atoms with E-state index in [0.29, 0.717) is 0 Å². The number of aryl methyl sites for hydroxylation is 1. The molecule has 7 heteroatoms. The zero-order chi connectivity index (χ0) is 15.9. The van der Waals surface area contributed by atoms with Crippen LogP contribution in [0.15, 0.2) is 70.6 Å². The van der Waals surface area contributed by atoms with Gasteiger partial charge in [0.1, 0.15) is 16.4 Å². The lowest BCUT2D eigenvalue weighted by atomic mass is 10.2. The van der Waals surface area contributed by atoms with E-state index in [1.54, 1.807) is 23.3 Å². The second-order valence-corrected chi connectivity index (χ2v) is 7.06. The Morgan fingerprint density at radius 2 is 1.61 bits per heavy atom. The van der Waals surface area contributed by atoms with Crippen molar-refractivity contribution in [3.05, 3.63) is 65.7 Å². The van der Waals surface area contributed by atoms with Crippen LogP contribution < -0.4 is 27.9 Å². The highest BCUT2D eigenvalue weighted by Gasteiger charge is 2.16. The van der Waals surface area contributed by atoms with Crippen molar-refractivity contribution in [3.63, 3.8) is 0 Å². The van der Waals surface area contributed by atoms with E-state index in [9.17, 15) is 0 Å². The van der Waals surface area contributed by atoms with E-state index in [4.69, 9.17) is 11.6 Å². The van der Waals surface area contributed by atoms with Crippen molar-refractivity contribution in [3.8, 4) is 10.4 Å². The van der Waals surface area contributed by atoms with E-state index >= 15 is 0 Å². The molecule has 0 bridgehead atoms. The molecule has 0 fully saturated rings. The zero-order valence-electron chi connectivity index (χ0n) is 12.0.